The minimum absolute atomic E-state index is 0.234. The van der Waals surface area contributed by atoms with Gasteiger partial charge in [0.2, 0.25) is 0 Å². The molecule has 1 aromatic carbocycles. The molecule has 0 aromatic heterocycles. The Hall–Kier alpha value is -1.49. The van der Waals surface area contributed by atoms with Crippen LogP contribution in [0.2, 0.25) is 0 Å². The molecule has 136 valence electrons. The molecule has 10 heteroatoms. The second kappa shape index (κ2) is 8.06. The standard InChI is InChI=1S/C14H24N4O4S2/c1-6-18(7-2)24(21,22)15-13-10-8-12(9-11-13)14(19)16-23(5,20)17(3)4/h8-11,15H,6-7H2,1-5H3. The van der Waals surface area contributed by atoms with Crippen LogP contribution in [0.4, 0.5) is 5.69 Å². The Kier molecular flexibility index (Phi) is 6.90. The molecule has 0 aliphatic rings. The largest absolute Gasteiger partial charge is 0.301 e. The van der Waals surface area contributed by atoms with E-state index in [-0.39, 0.29) is 5.56 Å². The summed E-state index contributed by atoms with van der Waals surface area (Å²) >= 11 is 0. The van der Waals surface area contributed by atoms with Gasteiger partial charge in [-0.05, 0) is 24.3 Å². The number of nitrogens with zero attached hydrogens (tertiary/aromatic N) is 3. The van der Waals surface area contributed by atoms with E-state index in [1.165, 1.54) is 39.1 Å². The van der Waals surface area contributed by atoms with Gasteiger partial charge < -0.3 is 0 Å². The predicted molar refractivity (Wildman–Crippen MR) is 96.4 cm³/mol. The van der Waals surface area contributed by atoms with Crippen molar-refractivity contribution >= 4 is 31.7 Å². The Morgan fingerprint density at radius 3 is 2.00 bits per heavy atom. The number of benzene rings is 1. The van der Waals surface area contributed by atoms with E-state index in [0.29, 0.717) is 18.8 Å². The van der Waals surface area contributed by atoms with Crippen LogP contribution in [-0.2, 0) is 20.1 Å². The molecule has 0 heterocycles. The number of hydrogen-bond donors (Lipinski definition) is 1. The number of nitrogens with one attached hydrogen (secondary N) is 1. The van der Waals surface area contributed by atoms with Gasteiger partial charge in [-0.2, -0.15) is 12.7 Å². The predicted octanol–water partition coefficient (Wildman–Crippen LogP) is 1.40. The van der Waals surface area contributed by atoms with Crippen LogP contribution in [0.25, 0.3) is 0 Å². The molecule has 24 heavy (non-hydrogen) atoms. The molecule has 8 nitrogen and oxygen atoms in total. The van der Waals surface area contributed by atoms with Crippen LogP contribution in [-0.4, -0.2) is 60.6 Å². The first-order valence-corrected chi connectivity index (χ1v) is 10.7. The highest BCUT2D eigenvalue weighted by Gasteiger charge is 2.18. The molecule has 1 N–H and O–H groups in total. The quantitative estimate of drug-likeness (QED) is 0.777. The molecule has 1 atom stereocenters. The van der Waals surface area contributed by atoms with Crippen LogP contribution in [0.15, 0.2) is 28.6 Å². The number of amides is 1. The number of carbonyl (C=O) groups excluding carboxylic acids is 1. The molecule has 1 aromatic rings. The van der Waals surface area contributed by atoms with Crippen LogP contribution in [0.3, 0.4) is 0 Å². The van der Waals surface area contributed by atoms with Gasteiger partial charge >= 0.3 is 10.2 Å². The van der Waals surface area contributed by atoms with E-state index >= 15 is 0 Å². The molecule has 0 bridgehead atoms. The van der Waals surface area contributed by atoms with Gasteiger partial charge in [-0.3, -0.25) is 9.52 Å². The molecule has 0 aliphatic carbocycles. The maximum Gasteiger partial charge on any atom is 0.301 e. The van der Waals surface area contributed by atoms with Gasteiger partial charge in [0.15, 0.2) is 0 Å². The summed E-state index contributed by atoms with van der Waals surface area (Å²) in [7, 11) is -3.24. The van der Waals surface area contributed by atoms with Crippen molar-refractivity contribution in [3.63, 3.8) is 0 Å². The van der Waals surface area contributed by atoms with E-state index in [2.05, 4.69) is 9.08 Å². The Bertz CT molecular complexity index is 791. The third-order valence-corrected chi connectivity index (χ3v) is 6.90. The van der Waals surface area contributed by atoms with Gasteiger partial charge in [0, 0.05) is 44.7 Å². The highest BCUT2D eigenvalue weighted by atomic mass is 32.2. The lowest BCUT2D eigenvalue weighted by atomic mass is 10.2. The average Bonchev–Trinajstić information content (AvgIpc) is 2.47. The van der Waals surface area contributed by atoms with Crippen molar-refractivity contribution in [2.45, 2.75) is 13.8 Å². The maximum atomic E-state index is 12.1. The first-order chi connectivity index (χ1) is 11.0. The lowest BCUT2D eigenvalue weighted by molar-refractivity contribution is 0.100. The molecule has 0 saturated carbocycles. The zero-order valence-electron chi connectivity index (χ0n) is 14.5. The molecular weight excluding hydrogens is 352 g/mol. The van der Waals surface area contributed by atoms with Crippen molar-refractivity contribution < 1.29 is 17.4 Å². The summed E-state index contributed by atoms with van der Waals surface area (Å²) < 4.78 is 45.2. The fourth-order valence-corrected chi connectivity index (χ4v) is 3.57. The smallest absolute Gasteiger partial charge is 0.271 e. The van der Waals surface area contributed by atoms with Crippen LogP contribution < -0.4 is 4.72 Å². The Morgan fingerprint density at radius 2 is 1.58 bits per heavy atom. The zero-order valence-corrected chi connectivity index (χ0v) is 16.1. The second-order valence-corrected chi connectivity index (χ2v) is 9.35. The molecule has 1 rings (SSSR count). The fourth-order valence-electron chi connectivity index (χ4n) is 1.75. The molecule has 0 aliphatic heterocycles. The number of anilines is 1. The average molecular weight is 377 g/mol. The van der Waals surface area contributed by atoms with E-state index in [9.17, 15) is 17.4 Å². The lowest BCUT2D eigenvalue weighted by Crippen LogP contribution is -2.35. The van der Waals surface area contributed by atoms with Crippen LogP contribution in [0, 0.1) is 0 Å². The van der Waals surface area contributed by atoms with E-state index in [1.807, 2.05) is 0 Å². The maximum absolute atomic E-state index is 12.1. The Morgan fingerprint density at radius 1 is 1.08 bits per heavy atom. The van der Waals surface area contributed by atoms with Crippen molar-refractivity contribution in [3.05, 3.63) is 29.8 Å². The topological polar surface area (TPSA) is 99.1 Å². The van der Waals surface area contributed by atoms with Gasteiger partial charge in [-0.25, -0.2) is 8.51 Å². The molecule has 1 amide bonds. The summed E-state index contributed by atoms with van der Waals surface area (Å²) in [5.41, 5.74) is 0.570. The fraction of sp³-hybridized carbons (Fsp3) is 0.500. The van der Waals surface area contributed by atoms with Crippen molar-refractivity contribution in [2.75, 3.05) is 38.2 Å². The first kappa shape index (κ1) is 20.6. The highest BCUT2D eigenvalue weighted by molar-refractivity contribution is 7.91. The van der Waals surface area contributed by atoms with E-state index in [4.69, 9.17) is 0 Å². The molecular formula is C14H24N4O4S2. The number of hydrogen-bond acceptors (Lipinski definition) is 4. The van der Waals surface area contributed by atoms with Crippen molar-refractivity contribution in [2.24, 2.45) is 4.36 Å². The highest BCUT2D eigenvalue weighted by Crippen LogP contribution is 2.14. The Balaban J connectivity index is 2.99. The zero-order chi connectivity index (χ0) is 18.5. The van der Waals surface area contributed by atoms with Crippen molar-refractivity contribution in [3.8, 4) is 0 Å². The van der Waals surface area contributed by atoms with Crippen molar-refractivity contribution in [1.82, 2.24) is 8.61 Å². The van der Waals surface area contributed by atoms with E-state index in [1.54, 1.807) is 27.9 Å². The molecule has 0 fully saturated rings. The van der Waals surface area contributed by atoms with Gasteiger partial charge in [0.25, 0.3) is 5.91 Å². The second-order valence-electron chi connectivity index (χ2n) is 5.24. The summed E-state index contributed by atoms with van der Waals surface area (Å²) in [5, 5.41) is 0. The van der Waals surface area contributed by atoms with Crippen molar-refractivity contribution in [1.29, 1.82) is 0 Å². The minimum atomic E-state index is -3.63. The van der Waals surface area contributed by atoms with Crippen LogP contribution >= 0.6 is 0 Å². The van der Waals surface area contributed by atoms with Gasteiger partial charge in [-0.1, -0.05) is 13.8 Å². The molecule has 0 spiro atoms. The molecule has 0 radical (unpaired) electrons. The van der Waals surface area contributed by atoms with Gasteiger partial charge in [0.1, 0.15) is 9.92 Å². The summed E-state index contributed by atoms with van der Waals surface area (Å²) in [5.74, 6) is -0.616. The normalized spacial score (nSPS) is 14.5. The summed E-state index contributed by atoms with van der Waals surface area (Å²) in [6, 6.07) is 5.82. The first-order valence-electron chi connectivity index (χ1n) is 7.35. The van der Waals surface area contributed by atoms with E-state index < -0.39 is 26.0 Å². The Labute approximate surface area is 144 Å². The lowest BCUT2D eigenvalue weighted by Gasteiger charge is -2.19. The third kappa shape index (κ3) is 5.26. The summed E-state index contributed by atoms with van der Waals surface area (Å²) in [6.07, 6.45) is 1.37. The molecule has 0 saturated heterocycles. The van der Waals surface area contributed by atoms with Gasteiger partial charge in [0.05, 0.1) is 0 Å². The SMILES string of the molecule is CCN(CC)S(=O)(=O)Nc1ccc(C(=O)N=S(C)(=O)N(C)C)cc1. The van der Waals surface area contributed by atoms with Crippen LogP contribution in [0.1, 0.15) is 24.2 Å². The van der Waals surface area contributed by atoms with Crippen LogP contribution in [0.5, 0.6) is 0 Å². The molecule has 1 unspecified atom stereocenters. The number of rotatable bonds is 7. The van der Waals surface area contributed by atoms with E-state index in [0.717, 1.165) is 0 Å². The monoisotopic (exact) mass is 376 g/mol. The third-order valence-electron chi connectivity index (χ3n) is 3.35. The number of carbonyl (C=O) groups is 1. The summed E-state index contributed by atoms with van der Waals surface area (Å²) in [6.45, 7) is 4.21. The minimum Gasteiger partial charge on any atom is -0.271 e. The van der Waals surface area contributed by atoms with Gasteiger partial charge in [-0.15, -0.1) is 4.36 Å². The summed E-state index contributed by atoms with van der Waals surface area (Å²) in [4.78, 5) is 12.0.